The predicted octanol–water partition coefficient (Wildman–Crippen LogP) is 3.33. The van der Waals surface area contributed by atoms with Gasteiger partial charge in [0.25, 0.3) is 5.91 Å². The van der Waals surface area contributed by atoms with Crippen molar-refractivity contribution in [3.63, 3.8) is 0 Å². The van der Waals surface area contributed by atoms with E-state index < -0.39 is 6.04 Å². The average Bonchev–Trinajstić information content (AvgIpc) is 2.81. The molecular formula is C18H12ClNO4. The molecule has 4 rings (SSSR count). The molecule has 2 heterocycles. The number of benzene rings is 2. The number of hydrogen-bond donors (Lipinski definition) is 1. The summed E-state index contributed by atoms with van der Waals surface area (Å²) in [6.07, 6.45) is 0. The number of amides is 1. The molecule has 1 aliphatic rings. The normalized spacial score (nSPS) is 16.7. The van der Waals surface area contributed by atoms with E-state index in [4.69, 9.17) is 16.0 Å². The minimum absolute atomic E-state index is 0.0330. The second kappa shape index (κ2) is 5.11. The number of carbonyl (C=O) groups excluding carboxylic acids is 1. The maximum absolute atomic E-state index is 13.0. The monoisotopic (exact) mass is 341 g/mol. The first-order chi connectivity index (χ1) is 11.5. The number of rotatable bonds is 1. The van der Waals surface area contributed by atoms with Gasteiger partial charge < -0.3 is 14.4 Å². The summed E-state index contributed by atoms with van der Waals surface area (Å²) in [5.74, 6) is -0.270. The van der Waals surface area contributed by atoms with Crippen LogP contribution in [-0.4, -0.2) is 23.0 Å². The van der Waals surface area contributed by atoms with Gasteiger partial charge in [-0.05, 0) is 35.9 Å². The van der Waals surface area contributed by atoms with Crippen molar-refractivity contribution in [2.24, 2.45) is 0 Å². The Hall–Kier alpha value is -2.79. The van der Waals surface area contributed by atoms with E-state index in [1.54, 1.807) is 31.3 Å². The third-order valence-electron chi connectivity index (χ3n) is 4.25. The molecule has 0 radical (unpaired) electrons. The van der Waals surface area contributed by atoms with Gasteiger partial charge in [0.15, 0.2) is 5.43 Å². The van der Waals surface area contributed by atoms with Gasteiger partial charge in [-0.3, -0.25) is 9.59 Å². The highest BCUT2D eigenvalue weighted by Crippen LogP contribution is 2.37. The van der Waals surface area contributed by atoms with Crippen LogP contribution in [0.15, 0.2) is 51.7 Å². The number of nitrogens with zero attached hydrogens (tertiary/aromatic N) is 1. The van der Waals surface area contributed by atoms with E-state index in [9.17, 15) is 14.7 Å². The lowest BCUT2D eigenvalue weighted by Gasteiger charge is -2.20. The van der Waals surface area contributed by atoms with Gasteiger partial charge in [0.05, 0.1) is 17.0 Å². The van der Waals surface area contributed by atoms with Crippen LogP contribution in [0, 0.1) is 0 Å². The van der Waals surface area contributed by atoms with E-state index in [1.165, 1.54) is 23.1 Å². The third-order valence-corrected chi connectivity index (χ3v) is 4.48. The van der Waals surface area contributed by atoms with E-state index in [2.05, 4.69) is 0 Å². The summed E-state index contributed by atoms with van der Waals surface area (Å²) < 4.78 is 5.69. The Morgan fingerprint density at radius 2 is 1.96 bits per heavy atom. The van der Waals surface area contributed by atoms with Crippen LogP contribution in [0.3, 0.4) is 0 Å². The molecule has 0 spiro atoms. The zero-order chi connectivity index (χ0) is 17.0. The molecule has 1 unspecified atom stereocenters. The molecule has 2 aromatic carbocycles. The van der Waals surface area contributed by atoms with Gasteiger partial charge in [-0.1, -0.05) is 23.7 Å². The molecule has 1 N–H and O–H groups in total. The van der Waals surface area contributed by atoms with Crippen LogP contribution in [0.4, 0.5) is 0 Å². The Balaban J connectivity index is 2.05. The molecule has 1 aromatic heterocycles. The Labute approximate surface area is 141 Å². The fourth-order valence-corrected chi connectivity index (χ4v) is 3.32. The smallest absolute Gasteiger partial charge is 0.290 e. The molecule has 1 atom stereocenters. The molecule has 24 heavy (non-hydrogen) atoms. The van der Waals surface area contributed by atoms with E-state index in [0.717, 1.165) is 0 Å². The van der Waals surface area contributed by atoms with Gasteiger partial charge in [-0.15, -0.1) is 0 Å². The van der Waals surface area contributed by atoms with Crippen molar-refractivity contribution in [3.8, 4) is 5.75 Å². The number of hydrogen-bond acceptors (Lipinski definition) is 4. The molecule has 3 aromatic rings. The summed E-state index contributed by atoms with van der Waals surface area (Å²) in [5.41, 5.74) is 0.933. The lowest BCUT2D eigenvalue weighted by molar-refractivity contribution is 0.0771. The summed E-state index contributed by atoms with van der Waals surface area (Å²) >= 11 is 5.98. The molecule has 0 aliphatic carbocycles. The fraction of sp³-hybridized carbons (Fsp3) is 0.111. The molecule has 1 aliphatic heterocycles. The van der Waals surface area contributed by atoms with Crippen molar-refractivity contribution in [2.75, 3.05) is 7.05 Å². The summed E-state index contributed by atoms with van der Waals surface area (Å²) in [4.78, 5) is 26.9. The SMILES string of the molecule is CN1C(=O)c2oc3ccc(Cl)cc3c(=O)c2C1c1cccc(O)c1. The number of halogens is 1. The molecule has 120 valence electrons. The molecule has 0 bridgehead atoms. The van der Waals surface area contributed by atoms with Crippen molar-refractivity contribution in [3.05, 3.63) is 74.6 Å². The van der Waals surface area contributed by atoms with Crippen molar-refractivity contribution >= 4 is 28.5 Å². The summed E-state index contributed by atoms with van der Waals surface area (Å²) in [7, 11) is 1.60. The molecule has 0 saturated carbocycles. The quantitative estimate of drug-likeness (QED) is 0.737. The van der Waals surface area contributed by atoms with Crippen molar-refractivity contribution in [1.29, 1.82) is 0 Å². The van der Waals surface area contributed by atoms with Crippen LogP contribution >= 0.6 is 11.6 Å². The lowest BCUT2D eigenvalue weighted by atomic mass is 9.98. The second-order valence-corrected chi connectivity index (χ2v) is 6.16. The highest BCUT2D eigenvalue weighted by molar-refractivity contribution is 6.31. The van der Waals surface area contributed by atoms with E-state index in [1.807, 2.05) is 0 Å². The highest BCUT2D eigenvalue weighted by Gasteiger charge is 2.40. The summed E-state index contributed by atoms with van der Waals surface area (Å²) in [6, 6.07) is 10.6. The van der Waals surface area contributed by atoms with E-state index in [0.29, 0.717) is 21.6 Å². The van der Waals surface area contributed by atoms with Crippen LogP contribution in [0.5, 0.6) is 5.75 Å². The first kappa shape index (κ1) is 14.8. The van der Waals surface area contributed by atoms with Gasteiger partial charge in [0.1, 0.15) is 11.3 Å². The van der Waals surface area contributed by atoms with Gasteiger partial charge in [-0.25, -0.2) is 0 Å². The van der Waals surface area contributed by atoms with Crippen LogP contribution in [0.25, 0.3) is 11.0 Å². The average molecular weight is 342 g/mol. The molecular weight excluding hydrogens is 330 g/mol. The van der Waals surface area contributed by atoms with Crippen molar-refractivity contribution < 1.29 is 14.3 Å². The number of phenolic OH excluding ortho intramolecular Hbond substituents is 1. The Morgan fingerprint density at radius 3 is 2.71 bits per heavy atom. The van der Waals surface area contributed by atoms with Gasteiger partial charge in [0, 0.05) is 12.1 Å². The zero-order valence-corrected chi connectivity index (χ0v) is 13.4. The maximum atomic E-state index is 13.0. The summed E-state index contributed by atoms with van der Waals surface area (Å²) in [5, 5.41) is 10.5. The largest absolute Gasteiger partial charge is 0.508 e. The molecule has 1 amide bonds. The summed E-state index contributed by atoms with van der Waals surface area (Å²) in [6.45, 7) is 0. The van der Waals surface area contributed by atoms with E-state index >= 15 is 0 Å². The predicted molar refractivity (Wildman–Crippen MR) is 89.5 cm³/mol. The minimum atomic E-state index is -0.612. The first-order valence-electron chi connectivity index (χ1n) is 7.29. The zero-order valence-electron chi connectivity index (χ0n) is 12.6. The molecule has 5 nitrogen and oxygen atoms in total. The second-order valence-electron chi connectivity index (χ2n) is 5.73. The Morgan fingerprint density at radius 1 is 1.17 bits per heavy atom. The Bertz CT molecular complexity index is 1060. The third kappa shape index (κ3) is 2.02. The number of aromatic hydroxyl groups is 1. The Kier molecular flexibility index (Phi) is 3.15. The maximum Gasteiger partial charge on any atom is 0.290 e. The van der Waals surface area contributed by atoms with E-state index in [-0.39, 0.29) is 28.4 Å². The first-order valence-corrected chi connectivity index (χ1v) is 7.67. The lowest BCUT2D eigenvalue weighted by Crippen LogP contribution is -2.25. The number of fused-ring (bicyclic) bond motifs is 2. The van der Waals surface area contributed by atoms with Gasteiger partial charge in [0.2, 0.25) is 5.76 Å². The van der Waals surface area contributed by atoms with Crippen molar-refractivity contribution in [1.82, 2.24) is 4.90 Å². The van der Waals surface area contributed by atoms with Gasteiger partial charge in [-0.2, -0.15) is 0 Å². The van der Waals surface area contributed by atoms with Crippen molar-refractivity contribution in [2.45, 2.75) is 6.04 Å². The fourth-order valence-electron chi connectivity index (χ4n) is 3.15. The topological polar surface area (TPSA) is 70.8 Å². The molecule has 0 saturated heterocycles. The van der Waals surface area contributed by atoms with Crippen LogP contribution in [0.1, 0.15) is 27.7 Å². The van der Waals surface area contributed by atoms with Crippen LogP contribution in [0.2, 0.25) is 5.02 Å². The standard InChI is InChI=1S/C18H12ClNO4/c1-20-15(9-3-2-4-11(21)7-9)14-16(22)12-8-10(19)5-6-13(12)24-17(14)18(20)23/h2-8,15,21H,1H3. The molecule has 0 fully saturated rings. The number of phenols is 1. The number of carbonyl (C=O) groups is 1. The van der Waals surface area contributed by atoms with Crippen LogP contribution < -0.4 is 5.43 Å². The van der Waals surface area contributed by atoms with Crippen LogP contribution in [-0.2, 0) is 0 Å². The molecule has 6 heteroatoms. The van der Waals surface area contributed by atoms with Gasteiger partial charge >= 0.3 is 0 Å². The highest BCUT2D eigenvalue weighted by atomic mass is 35.5. The minimum Gasteiger partial charge on any atom is -0.508 e.